The van der Waals surface area contributed by atoms with Gasteiger partial charge in [-0.1, -0.05) is 5.10 Å². The lowest BCUT2D eigenvalue weighted by Crippen LogP contribution is -2.62. The fourth-order valence-electron chi connectivity index (χ4n) is 5.46. The highest BCUT2D eigenvalue weighted by atomic mass is 19.1. The molecule has 0 amide bonds. The first kappa shape index (κ1) is 21.4. The maximum atomic E-state index is 14.1. The molecule has 0 aliphatic carbocycles. The molecule has 1 spiro atoms. The Labute approximate surface area is 196 Å². The normalized spacial score (nSPS) is 22.7. The van der Waals surface area contributed by atoms with Crippen molar-refractivity contribution in [3.8, 4) is 5.75 Å². The fraction of sp³-hybridized carbons (Fsp3) is 0.500. The van der Waals surface area contributed by atoms with Crippen LogP contribution in [0.1, 0.15) is 36.6 Å². The molecule has 10 heteroatoms. The Morgan fingerprint density at radius 2 is 1.97 bits per heavy atom. The summed E-state index contributed by atoms with van der Waals surface area (Å²) in [6.07, 6.45) is 7.66. The number of hydrogen-bond acceptors (Lipinski definition) is 9. The Morgan fingerprint density at radius 1 is 1.15 bits per heavy atom. The molecule has 34 heavy (non-hydrogen) atoms. The largest absolute Gasteiger partial charge is 0.485 e. The van der Waals surface area contributed by atoms with E-state index in [1.165, 1.54) is 12.5 Å². The Morgan fingerprint density at radius 3 is 2.74 bits per heavy atom. The summed E-state index contributed by atoms with van der Waals surface area (Å²) >= 11 is 0. The van der Waals surface area contributed by atoms with Gasteiger partial charge in [-0.15, -0.1) is 5.10 Å². The SMILES string of the molecule is Fc1ccc(OCc2ncccn2)c(C2CCN([C@@H]3COC4(C3)CN(c3nnco3)C4)CC2)c1. The number of hydrogen-bond donors (Lipinski definition) is 0. The molecule has 0 N–H and O–H groups in total. The topological polar surface area (TPSA) is 89.6 Å². The van der Waals surface area contributed by atoms with Crippen LogP contribution >= 0.6 is 0 Å². The van der Waals surface area contributed by atoms with Crippen LogP contribution < -0.4 is 9.64 Å². The standard InChI is InChI=1S/C24H27FN6O3/c25-18-2-3-21(32-13-22-26-6-1-7-27-22)20(10-18)17-4-8-30(9-5-17)19-11-24(34-12-19)14-31(15-24)23-29-28-16-33-23/h1-3,6-7,10,16-17,19H,4-5,8-9,11-15H2/t19-/m0/s1. The third kappa shape index (κ3) is 4.23. The number of piperidine rings is 1. The van der Waals surface area contributed by atoms with Crippen LogP contribution in [0.15, 0.2) is 47.5 Å². The van der Waals surface area contributed by atoms with Gasteiger partial charge in [-0.25, -0.2) is 14.4 Å². The van der Waals surface area contributed by atoms with Crippen LogP contribution in [-0.4, -0.2) is 69.5 Å². The molecule has 5 heterocycles. The van der Waals surface area contributed by atoms with Crippen LogP contribution in [0, 0.1) is 5.82 Å². The Hall–Kier alpha value is -3.11. The molecule has 0 saturated carbocycles. The number of aromatic nitrogens is 4. The Kier molecular flexibility index (Phi) is 5.62. The first-order chi connectivity index (χ1) is 16.7. The van der Waals surface area contributed by atoms with Crippen LogP contribution in [0.3, 0.4) is 0 Å². The number of rotatable bonds is 6. The monoisotopic (exact) mass is 466 g/mol. The van der Waals surface area contributed by atoms with Crippen molar-refractivity contribution in [2.45, 2.75) is 43.4 Å². The van der Waals surface area contributed by atoms with Crippen LogP contribution in [-0.2, 0) is 11.3 Å². The second kappa shape index (κ2) is 8.92. The van der Waals surface area contributed by atoms with E-state index in [4.69, 9.17) is 13.9 Å². The summed E-state index contributed by atoms with van der Waals surface area (Å²) < 4.78 is 31.7. The van der Waals surface area contributed by atoms with Crippen molar-refractivity contribution in [1.82, 2.24) is 25.1 Å². The zero-order chi connectivity index (χ0) is 23.0. The molecular weight excluding hydrogens is 439 g/mol. The van der Waals surface area contributed by atoms with Crippen molar-refractivity contribution in [3.63, 3.8) is 0 Å². The second-order valence-corrected chi connectivity index (χ2v) is 9.38. The summed E-state index contributed by atoms with van der Waals surface area (Å²) in [4.78, 5) is 13.0. The van der Waals surface area contributed by atoms with Crippen molar-refractivity contribution in [3.05, 3.63) is 60.3 Å². The maximum absolute atomic E-state index is 14.1. The summed E-state index contributed by atoms with van der Waals surface area (Å²) in [5, 5.41) is 7.73. The molecule has 3 fully saturated rings. The van der Waals surface area contributed by atoms with E-state index in [0.717, 1.165) is 57.6 Å². The minimum absolute atomic E-state index is 0.112. The summed E-state index contributed by atoms with van der Waals surface area (Å²) in [6.45, 7) is 4.50. The molecule has 3 aromatic rings. The number of anilines is 1. The van der Waals surface area contributed by atoms with Crippen molar-refractivity contribution in [1.29, 1.82) is 0 Å². The third-order valence-electron chi connectivity index (χ3n) is 7.20. The van der Waals surface area contributed by atoms with Crippen LogP contribution in [0.2, 0.25) is 0 Å². The molecule has 0 radical (unpaired) electrons. The molecule has 6 rings (SSSR count). The van der Waals surface area contributed by atoms with Crippen LogP contribution in [0.4, 0.5) is 10.4 Å². The van der Waals surface area contributed by atoms with Gasteiger partial charge in [-0.3, -0.25) is 4.90 Å². The van der Waals surface area contributed by atoms with Gasteiger partial charge in [0.15, 0.2) is 5.82 Å². The van der Waals surface area contributed by atoms with E-state index in [1.807, 2.05) is 0 Å². The van der Waals surface area contributed by atoms with Gasteiger partial charge in [0, 0.05) is 24.0 Å². The van der Waals surface area contributed by atoms with E-state index in [9.17, 15) is 4.39 Å². The van der Waals surface area contributed by atoms with Gasteiger partial charge in [0.1, 0.15) is 23.8 Å². The van der Waals surface area contributed by atoms with Gasteiger partial charge >= 0.3 is 6.01 Å². The van der Waals surface area contributed by atoms with E-state index in [1.54, 1.807) is 30.6 Å². The minimum Gasteiger partial charge on any atom is -0.485 e. The van der Waals surface area contributed by atoms with Crippen molar-refractivity contribution >= 4 is 6.01 Å². The molecule has 3 saturated heterocycles. The minimum atomic E-state index is -0.234. The molecule has 1 aromatic carbocycles. The molecule has 0 unspecified atom stereocenters. The predicted octanol–water partition coefficient (Wildman–Crippen LogP) is 2.81. The number of halogens is 1. The summed E-state index contributed by atoms with van der Waals surface area (Å²) in [6, 6.07) is 7.53. The fourth-order valence-corrected chi connectivity index (χ4v) is 5.46. The van der Waals surface area contributed by atoms with Gasteiger partial charge in [-0.2, -0.15) is 0 Å². The van der Waals surface area contributed by atoms with E-state index in [0.29, 0.717) is 23.6 Å². The molecule has 3 aliphatic heterocycles. The van der Waals surface area contributed by atoms with E-state index < -0.39 is 0 Å². The number of likely N-dealkylation sites (tertiary alicyclic amines) is 1. The van der Waals surface area contributed by atoms with Crippen LogP contribution in [0.5, 0.6) is 5.75 Å². The highest BCUT2D eigenvalue weighted by molar-refractivity contribution is 5.37. The average molecular weight is 467 g/mol. The maximum Gasteiger partial charge on any atom is 0.318 e. The molecule has 178 valence electrons. The van der Waals surface area contributed by atoms with Gasteiger partial charge in [0.2, 0.25) is 6.39 Å². The highest BCUT2D eigenvalue weighted by Gasteiger charge is 2.52. The van der Waals surface area contributed by atoms with E-state index in [-0.39, 0.29) is 23.9 Å². The van der Waals surface area contributed by atoms with Crippen molar-refractivity contribution in [2.24, 2.45) is 0 Å². The Bertz CT molecular complexity index is 1100. The lowest BCUT2D eigenvalue weighted by atomic mass is 9.86. The first-order valence-corrected chi connectivity index (χ1v) is 11.7. The number of nitrogens with zero attached hydrogens (tertiary/aromatic N) is 6. The van der Waals surface area contributed by atoms with Crippen molar-refractivity contribution < 1.29 is 18.3 Å². The summed E-state index contributed by atoms with van der Waals surface area (Å²) in [7, 11) is 0. The zero-order valence-electron chi connectivity index (χ0n) is 18.8. The molecule has 3 aliphatic rings. The molecule has 0 bridgehead atoms. The molecule has 1 atom stereocenters. The first-order valence-electron chi connectivity index (χ1n) is 11.7. The smallest absolute Gasteiger partial charge is 0.318 e. The lowest BCUT2D eigenvalue weighted by Gasteiger charge is -2.46. The number of benzene rings is 1. The summed E-state index contributed by atoms with van der Waals surface area (Å²) in [5.41, 5.74) is 0.822. The van der Waals surface area contributed by atoms with Gasteiger partial charge < -0.3 is 18.8 Å². The van der Waals surface area contributed by atoms with Gasteiger partial charge in [0.25, 0.3) is 0 Å². The van der Waals surface area contributed by atoms with E-state index in [2.05, 4.69) is 30.0 Å². The average Bonchev–Trinajstić information content (AvgIpc) is 3.54. The van der Waals surface area contributed by atoms with Crippen LogP contribution in [0.25, 0.3) is 0 Å². The summed E-state index contributed by atoms with van der Waals surface area (Å²) in [5.74, 6) is 1.34. The predicted molar refractivity (Wildman–Crippen MR) is 120 cm³/mol. The van der Waals surface area contributed by atoms with Gasteiger partial charge in [0.05, 0.1) is 19.7 Å². The zero-order valence-corrected chi connectivity index (χ0v) is 18.8. The third-order valence-corrected chi connectivity index (χ3v) is 7.20. The lowest BCUT2D eigenvalue weighted by molar-refractivity contribution is -0.0216. The highest BCUT2D eigenvalue weighted by Crippen LogP contribution is 2.41. The van der Waals surface area contributed by atoms with Crippen molar-refractivity contribution in [2.75, 3.05) is 37.7 Å². The van der Waals surface area contributed by atoms with E-state index >= 15 is 0 Å². The van der Waals surface area contributed by atoms with Gasteiger partial charge in [-0.05, 0) is 62.5 Å². The quantitative estimate of drug-likeness (QED) is 0.544. The molecule has 9 nitrogen and oxygen atoms in total. The Balaban J connectivity index is 1.05. The number of ether oxygens (including phenoxy) is 2. The molecule has 2 aromatic heterocycles. The molecular formula is C24H27FN6O3. The second-order valence-electron chi connectivity index (χ2n) is 9.38.